The number of rotatable bonds is 7. The van der Waals surface area contributed by atoms with Crippen LogP contribution in [0.15, 0.2) is 60.0 Å². The van der Waals surface area contributed by atoms with Gasteiger partial charge in [-0.2, -0.15) is 0 Å². The first kappa shape index (κ1) is 23.3. The molecule has 32 heavy (non-hydrogen) atoms. The fourth-order valence-electron chi connectivity index (χ4n) is 2.97. The number of aromatic nitrogens is 1. The van der Waals surface area contributed by atoms with Gasteiger partial charge in [0.05, 0.1) is 5.69 Å². The molecule has 0 aliphatic carbocycles. The van der Waals surface area contributed by atoms with E-state index in [0.29, 0.717) is 17.4 Å². The summed E-state index contributed by atoms with van der Waals surface area (Å²) >= 11 is 1.38. The number of amides is 2. The molecule has 0 atom stereocenters. The Hall–Kier alpha value is -3.39. The number of nitrogens with one attached hydrogen (secondary N) is 1. The molecule has 3 N–H and O–H groups in total. The van der Waals surface area contributed by atoms with Crippen LogP contribution in [0.5, 0.6) is 0 Å². The maximum Gasteiger partial charge on any atom is 0.410 e. The van der Waals surface area contributed by atoms with Crippen LogP contribution in [0.2, 0.25) is 0 Å². The van der Waals surface area contributed by atoms with Crippen LogP contribution in [0.4, 0.5) is 15.6 Å². The zero-order valence-corrected chi connectivity index (χ0v) is 19.3. The van der Waals surface area contributed by atoms with Gasteiger partial charge in [0.15, 0.2) is 5.13 Å². The Morgan fingerprint density at radius 1 is 1.09 bits per heavy atom. The monoisotopic (exact) mass is 452 g/mol. The summed E-state index contributed by atoms with van der Waals surface area (Å²) in [4.78, 5) is 31.0. The molecule has 2 aromatic carbocycles. The van der Waals surface area contributed by atoms with Gasteiger partial charge in [0.1, 0.15) is 5.60 Å². The van der Waals surface area contributed by atoms with Crippen molar-refractivity contribution in [1.82, 2.24) is 9.88 Å². The van der Waals surface area contributed by atoms with Gasteiger partial charge >= 0.3 is 6.09 Å². The summed E-state index contributed by atoms with van der Waals surface area (Å²) in [5, 5.41) is 5.28. The summed E-state index contributed by atoms with van der Waals surface area (Å²) in [5.74, 6) is -0.183. The van der Waals surface area contributed by atoms with Crippen LogP contribution in [0.1, 0.15) is 32.8 Å². The van der Waals surface area contributed by atoms with Crippen molar-refractivity contribution in [2.24, 2.45) is 0 Å². The Balaban J connectivity index is 1.59. The first-order chi connectivity index (χ1) is 15.2. The molecule has 3 rings (SSSR count). The van der Waals surface area contributed by atoms with Gasteiger partial charge < -0.3 is 20.7 Å². The molecule has 168 valence electrons. The van der Waals surface area contributed by atoms with Crippen molar-refractivity contribution in [2.45, 2.75) is 39.3 Å². The highest BCUT2D eigenvalue weighted by Crippen LogP contribution is 2.24. The number of carbonyl (C=O) groups is 2. The van der Waals surface area contributed by atoms with Crippen molar-refractivity contribution in [3.8, 4) is 11.3 Å². The van der Waals surface area contributed by atoms with Crippen molar-refractivity contribution in [3.63, 3.8) is 0 Å². The van der Waals surface area contributed by atoms with Crippen molar-refractivity contribution in [2.75, 3.05) is 17.6 Å². The van der Waals surface area contributed by atoms with Gasteiger partial charge in [-0.05, 0) is 38.5 Å². The van der Waals surface area contributed by atoms with Crippen molar-refractivity contribution < 1.29 is 14.3 Å². The first-order valence-electron chi connectivity index (χ1n) is 10.3. The lowest BCUT2D eigenvalue weighted by molar-refractivity contribution is -0.116. The summed E-state index contributed by atoms with van der Waals surface area (Å²) in [6.07, 6.45) is -0.294. The molecule has 1 heterocycles. The van der Waals surface area contributed by atoms with E-state index in [1.165, 1.54) is 11.3 Å². The third-order valence-electron chi connectivity index (χ3n) is 4.46. The van der Waals surface area contributed by atoms with Crippen molar-refractivity contribution >= 4 is 34.2 Å². The Kier molecular flexibility index (Phi) is 7.48. The molecule has 0 saturated heterocycles. The molecule has 0 bridgehead atoms. The zero-order valence-electron chi connectivity index (χ0n) is 18.5. The summed E-state index contributed by atoms with van der Waals surface area (Å²) in [6, 6.07) is 17.0. The van der Waals surface area contributed by atoms with E-state index < -0.39 is 11.7 Å². The van der Waals surface area contributed by atoms with Crippen LogP contribution in [0, 0.1) is 0 Å². The van der Waals surface area contributed by atoms with E-state index in [4.69, 9.17) is 10.5 Å². The maximum absolute atomic E-state index is 12.7. The average molecular weight is 453 g/mol. The number of benzene rings is 2. The van der Waals surface area contributed by atoms with E-state index in [9.17, 15) is 9.59 Å². The van der Waals surface area contributed by atoms with Crippen molar-refractivity contribution in [3.05, 3.63) is 65.5 Å². The van der Waals surface area contributed by atoms with Gasteiger partial charge in [0.25, 0.3) is 0 Å². The normalized spacial score (nSPS) is 11.1. The second kappa shape index (κ2) is 10.3. The molecule has 0 radical (unpaired) electrons. The largest absolute Gasteiger partial charge is 0.444 e. The van der Waals surface area contributed by atoms with E-state index in [2.05, 4.69) is 10.3 Å². The SMILES string of the molecule is CC(C)(C)OC(=O)N(CCC(=O)Nc1ccc(-c2csc(N)n2)cc1)Cc1ccccc1. The van der Waals surface area contributed by atoms with E-state index in [0.717, 1.165) is 16.8 Å². The van der Waals surface area contributed by atoms with Gasteiger partial charge in [0.2, 0.25) is 5.91 Å². The lowest BCUT2D eigenvalue weighted by atomic mass is 10.1. The first-order valence-corrected chi connectivity index (χ1v) is 11.2. The smallest absolute Gasteiger partial charge is 0.410 e. The van der Waals surface area contributed by atoms with Crippen LogP contribution in [0.25, 0.3) is 11.3 Å². The zero-order chi connectivity index (χ0) is 23.1. The number of hydrogen-bond acceptors (Lipinski definition) is 6. The molecular formula is C24H28N4O3S. The molecule has 2 amide bonds. The molecule has 0 aliphatic heterocycles. The molecular weight excluding hydrogens is 424 g/mol. The molecule has 0 unspecified atom stereocenters. The van der Waals surface area contributed by atoms with E-state index >= 15 is 0 Å². The molecule has 0 saturated carbocycles. The predicted octanol–water partition coefficient (Wildman–Crippen LogP) is 5.16. The maximum atomic E-state index is 12.7. The Morgan fingerprint density at radius 3 is 2.38 bits per heavy atom. The Morgan fingerprint density at radius 2 is 1.78 bits per heavy atom. The van der Waals surface area contributed by atoms with Crippen LogP contribution < -0.4 is 11.1 Å². The summed E-state index contributed by atoms with van der Waals surface area (Å²) in [5.41, 5.74) is 8.45. The number of carbonyl (C=O) groups excluding carboxylic acids is 2. The van der Waals surface area contributed by atoms with Crippen LogP contribution in [0.3, 0.4) is 0 Å². The van der Waals surface area contributed by atoms with Gasteiger partial charge in [-0.15, -0.1) is 11.3 Å². The standard InChI is InChI=1S/C24H28N4O3S/c1-24(2,3)31-23(30)28(15-17-7-5-4-6-8-17)14-13-21(29)26-19-11-9-18(10-12-19)20-16-32-22(25)27-20/h4-12,16H,13-15H2,1-3H3,(H2,25,27)(H,26,29). The molecule has 7 nitrogen and oxygen atoms in total. The second-order valence-corrected chi connectivity index (χ2v) is 9.22. The third-order valence-corrected chi connectivity index (χ3v) is 5.14. The number of thiazole rings is 1. The molecule has 1 aromatic heterocycles. The van der Waals surface area contributed by atoms with E-state index in [1.807, 2.05) is 80.7 Å². The predicted molar refractivity (Wildman–Crippen MR) is 128 cm³/mol. The van der Waals surface area contributed by atoms with Gasteiger partial charge in [0, 0.05) is 36.1 Å². The minimum Gasteiger partial charge on any atom is -0.444 e. The number of nitrogens with two attached hydrogens (primary N) is 1. The minimum absolute atomic E-state index is 0.149. The molecule has 0 fully saturated rings. The average Bonchev–Trinajstić information content (AvgIpc) is 3.17. The highest BCUT2D eigenvalue weighted by molar-refractivity contribution is 7.13. The fourth-order valence-corrected chi connectivity index (χ4v) is 3.54. The summed E-state index contributed by atoms with van der Waals surface area (Å²) < 4.78 is 5.52. The highest BCUT2D eigenvalue weighted by atomic mass is 32.1. The summed E-state index contributed by atoms with van der Waals surface area (Å²) in [6.45, 7) is 6.08. The lowest BCUT2D eigenvalue weighted by Gasteiger charge is -2.27. The van der Waals surface area contributed by atoms with E-state index in [1.54, 1.807) is 4.90 Å². The fraction of sp³-hybridized carbons (Fsp3) is 0.292. The van der Waals surface area contributed by atoms with E-state index in [-0.39, 0.29) is 18.9 Å². The van der Waals surface area contributed by atoms with Crippen LogP contribution in [-0.4, -0.2) is 34.0 Å². The minimum atomic E-state index is -0.613. The quantitative estimate of drug-likeness (QED) is 0.516. The third kappa shape index (κ3) is 7.09. The number of anilines is 2. The summed E-state index contributed by atoms with van der Waals surface area (Å²) in [7, 11) is 0. The van der Waals surface area contributed by atoms with Gasteiger partial charge in [-0.25, -0.2) is 9.78 Å². The Labute approximate surface area is 192 Å². The number of nitrogen functional groups attached to an aromatic ring is 1. The topological polar surface area (TPSA) is 97.5 Å². The Bertz CT molecular complexity index is 1040. The number of nitrogens with zero attached hydrogens (tertiary/aromatic N) is 2. The lowest BCUT2D eigenvalue weighted by Crippen LogP contribution is -2.38. The second-order valence-electron chi connectivity index (χ2n) is 8.33. The molecule has 0 spiro atoms. The van der Waals surface area contributed by atoms with Crippen LogP contribution >= 0.6 is 11.3 Å². The molecule has 8 heteroatoms. The molecule has 3 aromatic rings. The number of ether oxygens (including phenoxy) is 1. The molecule has 0 aliphatic rings. The van der Waals surface area contributed by atoms with Crippen molar-refractivity contribution in [1.29, 1.82) is 0 Å². The highest BCUT2D eigenvalue weighted by Gasteiger charge is 2.23. The van der Waals surface area contributed by atoms with Gasteiger partial charge in [-0.1, -0.05) is 42.5 Å². The van der Waals surface area contributed by atoms with Crippen LogP contribution in [-0.2, 0) is 16.1 Å². The van der Waals surface area contributed by atoms with Gasteiger partial charge in [-0.3, -0.25) is 4.79 Å². The number of hydrogen-bond donors (Lipinski definition) is 2.